The minimum atomic E-state index is -4.28. The number of fused-ring (bicyclic) bond motifs is 1. The van der Waals surface area contributed by atoms with E-state index in [1.807, 2.05) is 0 Å². The fourth-order valence-electron chi connectivity index (χ4n) is 1.62. The lowest BCUT2D eigenvalue weighted by Crippen LogP contribution is -2.05. The van der Waals surface area contributed by atoms with E-state index in [2.05, 4.69) is 0 Å². The molecule has 0 saturated carbocycles. The third kappa shape index (κ3) is 1.92. The van der Waals surface area contributed by atoms with Crippen molar-refractivity contribution in [3.63, 3.8) is 0 Å². The molecule has 0 amide bonds. The van der Waals surface area contributed by atoms with Gasteiger partial charge in [0.15, 0.2) is 0 Å². The summed E-state index contributed by atoms with van der Waals surface area (Å²) in [7, 11) is 0. The Kier molecular flexibility index (Phi) is 2.67. The summed E-state index contributed by atoms with van der Waals surface area (Å²) >= 11 is 0.755. The number of halogens is 3. The minimum Gasteiger partial charge on any atom is -0.324 e. The van der Waals surface area contributed by atoms with Crippen LogP contribution in [-0.2, 0) is 6.18 Å². The summed E-state index contributed by atoms with van der Waals surface area (Å²) in [6, 6.07) is 6.09. The van der Waals surface area contributed by atoms with E-state index in [4.69, 9.17) is 5.73 Å². The van der Waals surface area contributed by atoms with Crippen LogP contribution in [0.3, 0.4) is 0 Å². The normalized spacial score (nSPS) is 14.3. The maximum absolute atomic E-state index is 12.5. The monoisotopic (exact) mass is 245 g/mol. The van der Waals surface area contributed by atoms with E-state index in [0.29, 0.717) is 10.1 Å². The summed E-state index contributed by atoms with van der Waals surface area (Å²) < 4.78 is 38.2. The number of nitrogens with two attached hydrogens (primary N) is 1. The zero-order chi connectivity index (χ0) is 11.9. The number of benzene rings is 1. The molecule has 86 valence electrons. The Labute approximate surface area is 94.7 Å². The van der Waals surface area contributed by atoms with E-state index in [9.17, 15) is 13.2 Å². The Bertz CT molecular complexity index is 513. The van der Waals surface area contributed by atoms with Gasteiger partial charge in [-0.2, -0.15) is 13.2 Å². The molecule has 1 aromatic heterocycles. The van der Waals surface area contributed by atoms with E-state index in [1.54, 1.807) is 25.1 Å². The van der Waals surface area contributed by atoms with Crippen molar-refractivity contribution in [3.05, 3.63) is 34.7 Å². The lowest BCUT2D eigenvalue weighted by Gasteiger charge is -2.06. The van der Waals surface area contributed by atoms with Crippen molar-refractivity contribution in [2.24, 2.45) is 5.73 Å². The van der Waals surface area contributed by atoms with E-state index >= 15 is 0 Å². The molecule has 2 N–H and O–H groups in total. The average molecular weight is 245 g/mol. The van der Waals surface area contributed by atoms with Crippen LogP contribution in [0, 0.1) is 0 Å². The van der Waals surface area contributed by atoms with E-state index < -0.39 is 11.1 Å². The Morgan fingerprint density at radius 3 is 2.56 bits per heavy atom. The van der Waals surface area contributed by atoms with Crippen molar-refractivity contribution < 1.29 is 13.2 Å². The molecule has 1 unspecified atom stereocenters. The molecule has 1 aromatic carbocycles. The molecule has 2 rings (SSSR count). The van der Waals surface area contributed by atoms with E-state index in [-0.39, 0.29) is 6.04 Å². The van der Waals surface area contributed by atoms with Gasteiger partial charge in [-0.1, -0.05) is 12.1 Å². The summed E-state index contributed by atoms with van der Waals surface area (Å²) in [6.45, 7) is 1.76. The van der Waals surface area contributed by atoms with Gasteiger partial charge in [0.1, 0.15) is 4.88 Å². The van der Waals surface area contributed by atoms with Gasteiger partial charge in [0.25, 0.3) is 0 Å². The van der Waals surface area contributed by atoms with Crippen LogP contribution >= 0.6 is 11.3 Å². The van der Waals surface area contributed by atoms with Crippen molar-refractivity contribution in [1.29, 1.82) is 0 Å². The highest BCUT2D eigenvalue weighted by Crippen LogP contribution is 2.39. The first-order chi connectivity index (χ1) is 7.39. The second-order valence-corrected chi connectivity index (χ2v) is 4.74. The van der Waals surface area contributed by atoms with Crippen LogP contribution in [0.4, 0.5) is 13.2 Å². The minimum absolute atomic E-state index is 0.264. The van der Waals surface area contributed by atoms with Crippen molar-refractivity contribution in [2.45, 2.75) is 19.1 Å². The lowest BCUT2D eigenvalue weighted by atomic mass is 10.0. The van der Waals surface area contributed by atoms with Crippen LogP contribution in [-0.4, -0.2) is 0 Å². The average Bonchev–Trinajstić information content (AvgIpc) is 2.59. The number of hydrogen-bond donors (Lipinski definition) is 1. The molecular weight excluding hydrogens is 235 g/mol. The molecule has 0 aliphatic heterocycles. The van der Waals surface area contributed by atoms with Gasteiger partial charge < -0.3 is 5.73 Å². The highest BCUT2D eigenvalue weighted by atomic mass is 32.1. The third-order valence-corrected chi connectivity index (χ3v) is 3.51. The quantitative estimate of drug-likeness (QED) is 0.809. The smallest absolute Gasteiger partial charge is 0.324 e. The molecule has 0 radical (unpaired) electrons. The van der Waals surface area contributed by atoms with Gasteiger partial charge in [-0.3, -0.25) is 0 Å². The van der Waals surface area contributed by atoms with Crippen LogP contribution in [0.2, 0.25) is 0 Å². The Balaban J connectivity index is 2.66. The van der Waals surface area contributed by atoms with Gasteiger partial charge in [-0.25, -0.2) is 0 Å². The molecule has 2 aromatic rings. The van der Waals surface area contributed by atoms with Crippen LogP contribution < -0.4 is 5.73 Å². The highest BCUT2D eigenvalue weighted by molar-refractivity contribution is 7.19. The predicted molar refractivity (Wildman–Crippen MR) is 59.4 cm³/mol. The standard InChI is InChI=1S/C11H10F3NS/c1-6(15)7-3-2-4-9-8(7)5-10(16-9)11(12,13)14/h2-6H,15H2,1H3. The fraction of sp³-hybridized carbons (Fsp3) is 0.273. The maximum Gasteiger partial charge on any atom is 0.425 e. The van der Waals surface area contributed by atoms with Gasteiger partial charge in [-0.05, 0) is 30.0 Å². The van der Waals surface area contributed by atoms with Crippen LogP contribution in [0.25, 0.3) is 10.1 Å². The van der Waals surface area contributed by atoms with Crippen molar-refractivity contribution in [1.82, 2.24) is 0 Å². The molecule has 0 spiro atoms. The molecule has 1 heterocycles. The number of hydrogen-bond acceptors (Lipinski definition) is 2. The van der Waals surface area contributed by atoms with E-state index in [1.165, 1.54) is 6.07 Å². The van der Waals surface area contributed by atoms with Crippen LogP contribution in [0.1, 0.15) is 23.4 Å². The van der Waals surface area contributed by atoms with Gasteiger partial charge >= 0.3 is 6.18 Å². The summed E-state index contributed by atoms with van der Waals surface area (Å²) in [4.78, 5) is -0.574. The molecule has 5 heteroatoms. The Morgan fingerprint density at radius 1 is 1.31 bits per heavy atom. The second-order valence-electron chi connectivity index (χ2n) is 3.66. The summed E-state index contributed by atoms with van der Waals surface area (Å²) in [5.74, 6) is 0. The highest BCUT2D eigenvalue weighted by Gasteiger charge is 2.33. The molecule has 0 saturated heterocycles. The molecule has 1 atom stereocenters. The zero-order valence-electron chi connectivity index (χ0n) is 8.51. The molecule has 0 aliphatic rings. The third-order valence-electron chi connectivity index (χ3n) is 2.37. The van der Waals surface area contributed by atoms with Crippen molar-refractivity contribution in [2.75, 3.05) is 0 Å². The molecule has 1 nitrogen and oxygen atoms in total. The predicted octanol–water partition coefficient (Wildman–Crippen LogP) is 3.94. The summed E-state index contributed by atoms with van der Waals surface area (Å²) in [5, 5.41) is 0.606. The zero-order valence-corrected chi connectivity index (χ0v) is 9.32. The lowest BCUT2D eigenvalue weighted by molar-refractivity contribution is -0.134. The topological polar surface area (TPSA) is 26.0 Å². The largest absolute Gasteiger partial charge is 0.425 e. The first-order valence-corrected chi connectivity index (χ1v) is 5.56. The number of thiophene rings is 1. The van der Waals surface area contributed by atoms with E-state index in [0.717, 1.165) is 16.9 Å². The van der Waals surface area contributed by atoms with Gasteiger partial charge in [0.05, 0.1) is 0 Å². The van der Waals surface area contributed by atoms with Crippen LogP contribution in [0.15, 0.2) is 24.3 Å². The molecule has 0 fully saturated rings. The van der Waals surface area contributed by atoms with Gasteiger partial charge in [-0.15, -0.1) is 11.3 Å². The first kappa shape index (κ1) is 11.4. The fourth-order valence-corrected chi connectivity index (χ4v) is 2.58. The SMILES string of the molecule is CC(N)c1cccc2sc(C(F)(F)F)cc12. The molecular formula is C11H10F3NS. The van der Waals surface area contributed by atoms with Gasteiger partial charge in [0.2, 0.25) is 0 Å². The molecule has 0 bridgehead atoms. The molecule has 0 aliphatic carbocycles. The van der Waals surface area contributed by atoms with Crippen molar-refractivity contribution >= 4 is 21.4 Å². The first-order valence-electron chi connectivity index (χ1n) is 4.75. The number of rotatable bonds is 1. The van der Waals surface area contributed by atoms with Crippen LogP contribution in [0.5, 0.6) is 0 Å². The second kappa shape index (κ2) is 3.75. The maximum atomic E-state index is 12.5. The van der Waals surface area contributed by atoms with Gasteiger partial charge in [0, 0.05) is 10.7 Å². The van der Waals surface area contributed by atoms with Crippen molar-refractivity contribution in [3.8, 4) is 0 Å². The number of alkyl halides is 3. The Hall–Kier alpha value is -1.07. The summed E-state index contributed by atoms with van der Waals surface area (Å²) in [6.07, 6.45) is -4.28. The molecule has 16 heavy (non-hydrogen) atoms. The Morgan fingerprint density at radius 2 is 2.00 bits per heavy atom. The summed E-state index contributed by atoms with van der Waals surface area (Å²) in [5.41, 5.74) is 6.48.